The molecule has 0 saturated heterocycles. The summed E-state index contributed by atoms with van der Waals surface area (Å²) in [5, 5.41) is 2.58. The molecule has 0 saturated carbocycles. The fourth-order valence-electron chi connectivity index (χ4n) is 1.81. The largest absolute Gasteiger partial charge is 0.497 e. The SMILES string of the molecule is COc1ccc(C(=O)Nc2ccc(N)cc2OC)c(F)c1. The van der Waals surface area contributed by atoms with Gasteiger partial charge in [-0.05, 0) is 24.3 Å². The minimum atomic E-state index is -0.665. The molecule has 0 aliphatic carbocycles. The van der Waals surface area contributed by atoms with Crippen molar-refractivity contribution in [1.29, 1.82) is 0 Å². The number of nitrogen functional groups attached to an aromatic ring is 1. The lowest BCUT2D eigenvalue weighted by molar-refractivity contribution is 0.102. The third-order valence-corrected chi connectivity index (χ3v) is 2.89. The fraction of sp³-hybridized carbons (Fsp3) is 0.133. The lowest BCUT2D eigenvalue weighted by Gasteiger charge is -2.11. The second-order valence-corrected chi connectivity index (χ2v) is 4.26. The maximum atomic E-state index is 13.8. The van der Waals surface area contributed by atoms with E-state index in [9.17, 15) is 9.18 Å². The van der Waals surface area contributed by atoms with Crippen LogP contribution in [0.4, 0.5) is 15.8 Å². The van der Waals surface area contributed by atoms with E-state index in [4.69, 9.17) is 15.2 Å². The molecule has 0 fully saturated rings. The quantitative estimate of drug-likeness (QED) is 0.849. The molecule has 5 nitrogen and oxygen atoms in total. The first-order chi connectivity index (χ1) is 10.0. The second-order valence-electron chi connectivity index (χ2n) is 4.26. The molecule has 0 spiro atoms. The van der Waals surface area contributed by atoms with Gasteiger partial charge in [0.25, 0.3) is 5.91 Å². The number of nitrogens with one attached hydrogen (secondary N) is 1. The van der Waals surface area contributed by atoms with Crippen molar-refractivity contribution in [1.82, 2.24) is 0 Å². The number of anilines is 2. The average Bonchev–Trinajstić information content (AvgIpc) is 2.48. The molecule has 21 heavy (non-hydrogen) atoms. The van der Waals surface area contributed by atoms with Crippen molar-refractivity contribution >= 4 is 17.3 Å². The third kappa shape index (κ3) is 3.22. The number of carbonyl (C=O) groups excluding carboxylic acids is 1. The van der Waals surface area contributed by atoms with Gasteiger partial charge in [-0.15, -0.1) is 0 Å². The van der Waals surface area contributed by atoms with Crippen LogP contribution in [0.2, 0.25) is 0 Å². The zero-order valence-corrected chi connectivity index (χ0v) is 11.6. The zero-order valence-electron chi connectivity index (χ0n) is 11.6. The number of amides is 1. The second kappa shape index (κ2) is 6.13. The summed E-state index contributed by atoms with van der Waals surface area (Å²) < 4.78 is 23.9. The van der Waals surface area contributed by atoms with E-state index < -0.39 is 11.7 Å². The van der Waals surface area contributed by atoms with Gasteiger partial charge in [0.15, 0.2) is 0 Å². The summed E-state index contributed by atoms with van der Waals surface area (Å²) in [5.41, 5.74) is 6.46. The van der Waals surface area contributed by atoms with E-state index in [1.54, 1.807) is 18.2 Å². The Morgan fingerprint density at radius 2 is 1.90 bits per heavy atom. The highest BCUT2D eigenvalue weighted by molar-refractivity contribution is 6.05. The molecule has 0 bridgehead atoms. The van der Waals surface area contributed by atoms with Crippen LogP contribution < -0.4 is 20.5 Å². The predicted molar refractivity (Wildman–Crippen MR) is 78.3 cm³/mol. The fourth-order valence-corrected chi connectivity index (χ4v) is 1.81. The Balaban J connectivity index is 2.26. The van der Waals surface area contributed by atoms with Crippen LogP contribution >= 0.6 is 0 Å². The molecule has 2 aromatic rings. The first-order valence-corrected chi connectivity index (χ1v) is 6.13. The molecule has 0 heterocycles. The van der Waals surface area contributed by atoms with E-state index in [0.717, 1.165) is 6.07 Å². The predicted octanol–water partition coefficient (Wildman–Crippen LogP) is 2.68. The standard InChI is InChI=1S/C15H15FN2O3/c1-20-10-4-5-11(12(16)8-10)15(19)18-13-6-3-9(17)7-14(13)21-2/h3-8H,17H2,1-2H3,(H,18,19). The highest BCUT2D eigenvalue weighted by atomic mass is 19.1. The lowest BCUT2D eigenvalue weighted by atomic mass is 10.1. The highest BCUT2D eigenvalue weighted by Gasteiger charge is 2.14. The first-order valence-electron chi connectivity index (χ1n) is 6.13. The number of halogens is 1. The molecule has 2 aromatic carbocycles. The van der Waals surface area contributed by atoms with E-state index >= 15 is 0 Å². The summed E-state index contributed by atoms with van der Waals surface area (Å²) in [4.78, 5) is 12.1. The van der Waals surface area contributed by atoms with Crippen molar-refractivity contribution in [3.8, 4) is 11.5 Å². The molecular formula is C15H15FN2O3. The number of benzene rings is 2. The van der Waals surface area contributed by atoms with Crippen molar-refractivity contribution in [2.75, 3.05) is 25.3 Å². The van der Waals surface area contributed by atoms with Gasteiger partial charge in [0, 0.05) is 17.8 Å². The van der Waals surface area contributed by atoms with Gasteiger partial charge in [-0.3, -0.25) is 4.79 Å². The summed E-state index contributed by atoms with van der Waals surface area (Å²) in [6.45, 7) is 0. The van der Waals surface area contributed by atoms with Crippen LogP contribution in [-0.4, -0.2) is 20.1 Å². The first kappa shape index (κ1) is 14.6. The van der Waals surface area contributed by atoms with Crippen molar-refractivity contribution in [2.24, 2.45) is 0 Å². The number of nitrogens with two attached hydrogens (primary N) is 1. The number of rotatable bonds is 4. The smallest absolute Gasteiger partial charge is 0.258 e. The van der Waals surface area contributed by atoms with Crippen molar-refractivity contribution < 1.29 is 18.7 Å². The number of hydrogen-bond acceptors (Lipinski definition) is 4. The Morgan fingerprint density at radius 1 is 1.14 bits per heavy atom. The van der Waals surface area contributed by atoms with Crippen LogP contribution in [0.1, 0.15) is 10.4 Å². The molecule has 0 radical (unpaired) electrons. The molecule has 0 atom stereocenters. The van der Waals surface area contributed by atoms with Gasteiger partial charge >= 0.3 is 0 Å². The van der Waals surface area contributed by atoms with Crippen LogP contribution in [-0.2, 0) is 0 Å². The maximum absolute atomic E-state index is 13.8. The molecule has 2 rings (SSSR count). The van der Waals surface area contributed by atoms with Crippen LogP contribution in [0.15, 0.2) is 36.4 Å². The highest BCUT2D eigenvalue weighted by Crippen LogP contribution is 2.27. The van der Waals surface area contributed by atoms with Crippen molar-refractivity contribution in [3.63, 3.8) is 0 Å². The van der Waals surface area contributed by atoms with Gasteiger partial charge in [-0.1, -0.05) is 0 Å². The summed E-state index contributed by atoms with van der Waals surface area (Å²) >= 11 is 0. The third-order valence-electron chi connectivity index (χ3n) is 2.89. The van der Waals surface area contributed by atoms with E-state index in [-0.39, 0.29) is 5.56 Å². The number of methoxy groups -OCH3 is 2. The summed E-state index contributed by atoms with van der Waals surface area (Å²) in [7, 11) is 2.88. The summed E-state index contributed by atoms with van der Waals surface area (Å²) in [6.07, 6.45) is 0. The van der Waals surface area contributed by atoms with Gasteiger partial charge in [0.2, 0.25) is 0 Å². The Kier molecular flexibility index (Phi) is 4.27. The Hall–Kier alpha value is -2.76. The van der Waals surface area contributed by atoms with Gasteiger partial charge in [-0.25, -0.2) is 4.39 Å². The number of ether oxygens (including phenoxy) is 2. The molecule has 6 heteroatoms. The molecule has 0 aromatic heterocycles. The lowest BCUT2D eigenvalue weighted by Crippen LogP contribution is -2.14. The molecule has 0 unspecified atom stereocenters. The summed E-state index contributed by atoms with van der Waals surface area (Å²) in [6, 6.07) is 8.79. The Labute approximate surface area is 121 Å². The molecule has 3 N–H and O–H groups in total. The van der Waals surface area contributed by atoms with Crippen LogP contribution in [0, 0.1) is 5.82 Å². The van der Waals surface area contributed by atoms with Gasteiger partial charge < -0.3 is 20.5 Å². The van der Waals surface area contributed by atoms with Gasteiger partial charge in [0.05, 0.1) is 25.5 Å². The Morgan fingerprint density at radius 3 is 2.52 bits per heavy atom. The molecule has 110 valence electrons. The normalized spacial score (nSPS) is 10.0. The number of hydrogen-bond donors (Lipinski definition) is 2. The van der Waals surface area contributed by atoms with Crippen molar-refractivity contribution in [3.05, 3.63) is 47.8 Å². The van der Waals surface area contributed by atoms with Crippen LogP contribution in [0.5, 0.6) is 11.5 Å². The minimum Gasteiger partial charge on any atom is -0.497 e. The van der Waals surface area contributed by atoms with Gasteiger partial charge in [-0.2, -0.15) is 0 Å². The molecular weight excluding hydrogens is 275 g/mol. The van der Waals surface area contributed by atoms with E-state index in [1.807, 2.05) is 0 Å². The van der Waals surface area contributed by atoms with Crippen LogP contribution in [0.3, 0.4) is 0 Å². The molecule has 1 amide bonds. The average molecular weight is 290 g/mol. The minimum absolute atomic E-state index is 0.0883. The van der Waals surface area contributed by atoms with Crippen LogP contribution in [0.25, 0.3) is 0 Å². The topological polar surface area (TPSA) is 73.6 Å². The zero-order chi connectivity index (χ0) is 15.4. The maximum Gasteiger partial charge on any atom is 0.258 e. The molecule has 0 aliphatic heterocycles. The summed E-state index contributed by atoms with van der Waals surface area (Å²) in [5.74, 6) is -0.508. The molecule has 0 aliphatic rings. The monoisotopic (exact) mass is 290 g/mol. The Bertz CT molecular complexity index is 674. The van der Waals surface area contributed by atoms with E-state index in [0.29, 0.717) is 22.9 Å². The van der Waals surface area contributed by atoms with E-state index in [2.05, 4.69) is 5.32 Å². The number of carbonyl (C=O) groups is 1. The van der Waals surface area contributed by atoms with E-state index in [1.165, 1.54) is 26.4 Å². The van der Waals surface area contributed by atoms with Crippen molar-refractivity contribution in [2.45, 2.75) is 0 Å². The van der Waals surface area contributed by atoms with Gasteiger partial charge in [0.1, 0.15) is 17.3 Å².